The summed E-state index contributed by atoms with van der Waals surface area (Å²) in [5.74, 6) is 0.297. The maximum atomic E-state index is 10.1. The number of pyridine rings is 2. The molecule has 0 saturated heterocycles. The molecule has 2 heterocycles. The first-order valence-electron chi connectivity index (χ1n) is 5.14. The van der Waals surface area contributed by atoms with Crippen molar-refractivity contribution in [1.82, 2.24) is 9.97 Å². The number of anilines is 1. The van der Waals surface area contributed by atoms with Crippen molar-refractivity contribution in [3.05, 3.63) is 52.9 Å². The Balaban J connectivity index is 2.20. The smallest absolute Gasteiger partial charge is 0.129 e. The molecule has 0 spiro atoms. The summed E-state index contributed by atoms with van der Waals surface area (Å²) in [6.45, 7) is 0. The van der Waals surface area contributed by atoms with Gasteiger partial charge in [-0.25, -0.2) is 4.98 Å². The van der Waals surface area contributed by atoms with Crippen molar-refractivity contribution in [3.8, 4) is 0 Å². The quantitative estimate of drug-likeness (QED) is 0.873. The highest BCUT2D eigenvalue weighted by atomic mass is 35.5. The van der Waals surface area contributed by atoms with Crippen LogP contribution in [0.25, 0.3) is 0 Å². The molecular formula is C12H12ClN3O. The predicted octanol–water partition coefficient (Wildman–Crippen LogP) is 1.99. The van der Waals surface area contributed by atoms with Crippen LogP contribution in [-0.2, 0) is 6.42 Å². The standard InChI is InChI=1S/C12H12ClN3O/c13-9-5-10(12(14)16-7-9)11(17)4-8-2-1-3-15-6-8/h1-3,5-7,11,17H,4H2,(H2,14,16). The van der Waals surface area contributed by atoms with Crippen LogP contribution < -0.4 is 5.73 Å². The van der Waals surface area contributed by atoms with Crippen LogP contribution in [0.1, 0.15) is 17.2 Å². The molecule has 17 heavy (non-hydrogen) atoms. The molecule has 1 unspecified atom stereocenters. The molecule has 4 nitrogen and oxygen atoms in total. The number of nitrogen functional groups attached to an aromatic ring is 1. The molecule has 0 aromatic carbocycles. The molecule has 0 radical (unpaired) electrons. The van der Waals surface area contributed by atoms with Crippen LogP contribution in [0.4, 0.5) is 5.82 Å². The molecule has 2 rings (SSSR count). The monoisotopic (exact) mass is 249 g/mol. The van der Waals surface area contributed by atoms with Crippen LogP contribution in [0.3, 0.4) is 0 Å². The van der Waals surface area contributed by atoms with E-state index < -0.39 is 6.10 Å². The summed E-state index contributed by atoms with van der Waals surface area (Å²) >= 11 is 5.82. The van der Waals surface area contributed by atoms with E-state index in [1.54, 1.807) is 18.5 Å². The van der Waals surface area contributed by atoms with E-state index >= 15 is 0 Å². The van der Waals surface area contributed by atoms with Crippen molar-refractivity contribution in [2.75, 3.05) is 5.73 Å². The minimum absolute atomic E-state index is 0.297. The van der Waals surface area contributed by atoms with E-state index in [2.05, 4.69) is 9.97 Å². The fourth-order valence-electron chi connectivity index (χ4n) is 1.58. The summed E-state index contributed by atoms with van der Waals surface area (Å²) < 4.78 is 0. The third-order valence-electron chi connectivity index (χ3n) is 2.43. The lowest BCUT2D eigenvalue weighted by atomic mass is 10.0. The van der Waals surface area contributed by atoms with Crippen LogP contribution in [0.15, 0.2) is 36.8 Å². The summed E-state index contributed by atoms with van der Waals surface area (Å²) in [7, 11) is 0. The lowest BCUT2D eigenvalue weighted by Gasteiger charge is -2.12. The molecule has 0 aliphatic heterocycles. The normalized spacial score (nSPS) is 12.4. The molecule has 2 aromatic heterocycles. The Kier molecular flexibility index (Phi) is 3.56. The van der Waals surface area contributed by atoms with E-state index in [1.807, 2.05) is 12.1 Å². The highest BCUT2D eigenvalue weighted by Gasteiger charge is 2.13. The molecule has 0 bridgehead atoms. The van der Waals surface area contributed by atoms with Gasteiger partial charge in [-0.1, -0.05) is 17.7 Å². The largest absolute Gasteiger partial charge is 0.388 e. The molecule has 2 aromatic rings. The predicted molar refractivity (Wildman–Crippen MR) is 66.6 cm³/mol. The van der Waals surface area contributed by atoms with Gasteiger partial charge in [0.05, 0.1) is 11.1 Å². The van der Waals surface area contributed by atoms with E-state index in [1.165, 1.54) is 6.20 Å². The van der Waals surface area contributed by atoms with Gasteiger partial charge in [0, 0.05) is 30.6 Å². The molecular weight excluding hydrogens is 238 g/mol. The Hall–Kier alpha value is -1.65. The van der Waals surface area contributed by atoms with Crippen molar-refractivity contribution in [2.45, 2.75) is 12.5 Å². The third-order valence-corrected chi connectivity index (χ3v) is 2.63. The van der Waals surface area contributed by atoms with Gasteiger partial charge in [0.25, 0.3) is 0 Å². The number of aliphatic hydroxyl groups excluding tert-OH is 1. The van der Waals surface area contributed by atoms with Crippen molar-refractivity contribution in [1.29, 1.82) is 0 Å². The molecule has 1 atom stereocenters. The van der Waals surface area contributed by atoms with Gasteiger partial charge in [0.15, 0.2) is 0 Å². The molecule has 88 valence electrons. The second-order valence-electron chi connectivity index (χ2n) is 3.71. The summed E-state index contributed by atoms with van der Waals surface area (Å²) in [4.78, 5) is 7.90. The maximum absolute atomic E-state index is 10.1. The zero-order valence-electron chi connectivity index (χ0n) is 9.05. The Morgan fingerprint density at radius 2 is 2.24 bits per heavy atom. The number of aromatic nitrogens is 2. The highest BCUT2D eigenvalue weighted by molar-refractivity contribution is 6.30. The molecule has 3 N–H and O–H groups in total. The summed E-state index contributed by atoms with van der Waals surface area (Å²) in [5.41, 5.74) is 7.17. The molecule has 0 fully saturated rings. The van der Waals surface area contributed by atoms with E-state index in [0.717, 1.165) is 5.56 Å². The SMILES string of the molecule is Nc1ncc(Cl)cc1C(O)Cc1cccnc1. The van der Waals surface area contributed by atoms with Gasteiger partial charge in [-0.05, 0) is 17.7 Å². The van der Waals surface area contributed by atoms with Gasteiger partial charge in [-0.15, -0.1) is 0 Å². The van der Waals surface area contributed by atoms with Gasteiger partial charge in [0.1, 0.15) is 5.82 Å². The van der Waals surface area contributed by atoms with Gasteiger partial charge in [-0.2, -0.15) is 0 Å². The fourth-order valence-corrected chi connectivity index (χ4v) is 1.75. The van der Waals surface area contributed by atoms with Gasteiger partial charge < -0.3 is 10.8 Å². The number of hydrogen-bond donors (Lipinski definition) is 2. The summed E-state index contributed by atoms with van der Waals surface area (Å²) in [6, 6.07) is 5.34. The van der Waals surface area contributed by atoms with Crippen molar-refractivity contribution in [3.63, 3.8) is 0 Å². The van der Waals surface area contributed by atoms with Crippen molar-refractivity contribution in [2.24, 2.45) is 0 Å². The Morgan fingerprint density at radius 1 is 1.41 bits per heavy atom. The first-order valence-corrected chi connectivity index (χ1v) is 5.52. The maximum Gasteiger partial charge on any atom is 0.129 e. The van der Waals surface area contributed by atoms with Gasteiger partial charge >= 0.3 is 0 Å². The Labute approximate surface area is 104 Å². The molecule has 5 heteroatoms. The van der Waals surface area contributed by atoms with E-state index in [0.29, 0.717) is 22.8 Å². The summed E-state index contributed by atoms with van der Waals surface area (Å²) in [6.07, 6.45) is 4.55. The minimum atomic E-state index is -0.731. The molecule has 0 amide bonds. The lowest BCUT2D eigenvalue weighted by Crippen LogP contribution is -2.07. The van der Waals surface area contributed by atoms with Crippen molar-refractivity contribution >= 4 is 17.4 Å². The Bertz CT molecular complexity index is 504. The lowest BCUT2D eigenvalue weighted by molar-refractivity contribution is 0.179. The second kappa shape index (κ2) is 5.12. The average molecular weight is 250 g/mol. The van der Waals surface area contributed by atoms with Gasteiger partial charge in [-0.3, -0.25) is 4.98 Å². The highest BCUT2D eigenvalue weighted by Crippen LogP contribution is 2.24. The number of nitrogens with zero attached hydrogens (tertiary/aromatic N) is 2. The van der Waals surface area contributed by atoms with Crippen molar-refractivity contribution < 1.29 is 5.11 Å². The number of hydrogen-bond acceptors (Lipinski definition) is 4. The van der Waals surface area contributed by atoms with Crippen LogP contribution in [0.5, 0.6) is 0 Å². The zero-order chi connectivity index (χ0) is 12.3. The van der Waals surface area contributed by atoms with Gasteiger partial charge in [0.2, 0.25) is 0 Å². The zero-order valence-corrected chi connectivity index (χ0v) is 9.80. The van der Waals surface area contributed by atoms with E-state index in [4.69, 9.17) is 17.3 Å². The van der Waals surface area contributed by atoms with Crippen LogP contribution >= 0.6 is 11.6 Å². The third kappa shape index (κ3) is 2.93. The number of nitrogens with two attached hydrogens (primary N) is 1. The molecule has 0 saturated carbocycles. The average Bonchev–Trinajstić information content (AvgIpc) is 2.33. The van der Waals surface area contributed by atoms with Crippen LogP contribution in [-0.4, -0.2) is 15.1 Å². The molecule has 0 aliphatic rings. The minimum Gasteiger partial charge on any atom is -0.388 e. The first kappa shape index (κ1) is 11.8. The fraction of sp³-hybridized carbons (Fsp3) is 0.167. The summed E-state index contributed by atoms with van der Waals surface area (Å²) in [5, 5.41) is 10.5. The Morgan fingerprint density at radius 3 is 2.94 bits per heavy atom. The number of rotatable bonds is 3. The van der Waals surface area contributed by atoms with Crippen LogP contribution in [0.2, 0.25) is 5.02 Å². The topological polar surface area (TPSA) is 72.0 Å². The van der Waals surface area contributed by atoms with E-state index in [9.17, 15) is 5.11 Å². The number of aliphatic hydroxyl groups is 1. The van der Waals surface area contributed by atoms with Crippen LogP contribution in [0, 0.1) is 0 Å². The van der Waals surface area contributed by atoms with E-state index in [-0.39, 0.29) is 0 Å². The first-order chi connectivity index (χ1) is 8.16. The second-order valence-corrected chi connectivity index (χ2v) is 4.15. The number of halogens is 1. The molecule has 0 aliphatic carbocycles.